The van der Waals surface area contributed by atoms with E-state index in [9.17, 15) is 18.5 Å². The first-order valence-corrected chi connectivity index (χ1v) is 8.90. The Hall–Kier alpha value is -1.78. The van der Waals surface area contributed by atoms with Gasteiger partial charge in [0.1, 0.15) is 0 Å². The van der Waals surface area contributed by atoms with E-state index in [0.29, 0.717) is 4.47 Å². The van der Waals surface area contributed by atoms with Gasteiger partial charge in [0, 0.05) is 48.5 Å². The molecular weight excluding hydrogens is 388 g/mol. The van der Waals surface area contributed by atoms with Gasteiger partial charge in [0.05, 0.1) is 16.0 Å². The minimum Gasteiger partial charge on any atom is -0.275 e. The highest BCUT2D eigenvalue weighted by molar-refractivity contribution is 9.10. The summed E-state index contributed by atoms with van der Waals surface area (Å²) in [4.78, 5) is 10.2. The minimum atomic E-state index is -3.86. The van der Waals surface area contributed by atoms with Gasteiger partial charge in [-0.05, 0) is 6.07 Å². The molecule has 0 atom stereocenters. The van der Waals surface area contributed by atoms with Crippen molar-refractivity contribution < 1.29 is 13.3 Å². The molecule has 23 heavy (non-hydrogen) atoms. The van der Waals surface area contributed by atoms with E-state index in [4.69, 9.17) is 0 Å². The van der Waals surface area contributed by atoms with Crippen LogP contribution >= 0.6 is 15.9 Å². The second-order valence-electron chi connectivity index (χ2n) is 4.86. The van der Waals surface area contributed by atoms with Gasteiger partial charge in [-0.1, -0.05) is 22.9 Å². The number of hydrogen-bond acceptors (Lipinski definition) is 5. The van der Waals surface area contributed by atoms with Crippen molar-refractivity contribution in [2.45, 2.75) is 18.4 Å². The van der Waals surface area contributed by atoms with E-state index in [1.807, 2.05) is 0 Å². The molecule has 0 saturated heterocycles. The quantitative estimate of drug-likeness (QED) is 0.545. The number of aromatic nitrogens is 2. The Bertz CT molecular complexity index is 834. The van der Waals surface area contributed by atoms with Crippen molar-refractivity contribution in [3.8, 4) is 0 Å². The first kappa shape index (κ1) is 17.6. The fourth-order valence-corrected chi connectivity index (χ4v) is 4.21. The molecule has 2 rings (SSSR count). The second-order valence-corrected chi connectivity index (χ2v) is 7.71. The highest BCUT2D eigenvalue weighted by Gasteiger charge is 2.26. The van der Waals surface area contributed by atoms with E-state index in [2.05, 4.69) is 21.0 Å². The van der Waals surface area contributed by atoms with Crippen LogP contribution in [0.3, 0.4) is 0 Å². The molecular formula is C13H15BrN4O4S. The topological polar surface area (TPSA) is 98.3 Å². The Kier molecular flexibility index (Phi) is 5.17. The van der Waals surface area contributed by atoms with Crippen LogP contribution in [0, 0.1) is 10.1 Å². The predicted octanol–water partition coefficient (Wildman–Crippen LogP) is 2.30. The monoisotopic (exact) mass is 402 g/mol. The molecule has 1 aromatic carbocycles. The van der Waals surface area contributed by atoms with Gasteiger partial charge >= 0.3 is 0 Å². The third kappa shape index (κ3) is 3.95. The smallest absolute Gasteiger partial charge is 0.271 e. The number of hydrogen-bond donors (Lipinski definition) is 0. The number of nitro groups is 1. The third-order valence-electron chi connectivity index (χ3n) is 3.17. The lowest BCUT2D eigenvalue weighted by molar-refractivity contribution is -0.385. The third-order valence-corrected chi connectivity index (χ3v) is 5.53. The zero-order valence-corrected chi connectivity index (χ0v) is 14.9. The molecule has 10 heteroatoms. The molecule has 0 spiro atoms. The molecule has 2 aromatic rings. The van der Waals surface area contributed by atoms with Gasteiger partial charge in [-0.25, -0.2) is 8.42 Å². The molecule has 0 amide bonds. The molecule has 1 aromatic heterocycles. The van der Waals surface area contributed by atoms with Crippen LogP contribution in [0.15, 0.2) is 40.0 Å². The van der Waals surface area contributed by atoms with Crippen LogP contribution in [-0.2, 0) is 23.6 Å². The maximum Gasteiger partial charge on any atom is 0.271 e. The van der Waals surface area contributed by atoms with Crippen LogP contribution < -0.4 is 0 Å². The Labute approximate surface area is 142 Å². The number of benzene rings is 1. The van der Waals surface area contributed by atoms with E-state index in [0.717, 1.165) is 11.6 Å². The number of halogens is 1. The molecule has 1 heterocycles. The van der Waals surface area contributed by atoms with Crippen molar-refractivity contribution in [3.63, 3.8) is 0 Å². The summed E-state index contributed by atoms with van der Waals surface area (Å²) in [7, 11) is -2.11. The summed E-state index contributed by atoms with van der Waals surface area (Å²) in [5.41, 5.74) is 0.456. The Morgan fingerprint density at radius 1 is 1.39 bits per heavy atom. The summed E-state index contributed by atoms with van der Waals surface area (Å²) in [5.74, 6) is 0. The van der Waals surface area contributed by atoms with Crippen LogP contribution in [-0.4, -0.2) is 34.0 Å². The van der Waals surface area contributed by atoms with Crippen molar-refractivity contribution in [3.05, 3.63) is 50.7 Å². The minimum absolute atomic E-state index is 0.121. The Morgan fingerprint density at radius 3 is 2.61 bits per heavy atom. The molecule has 0 saturated carbocycles. The molecule has 0 N–H and O–H groups in total. The van der Waals surface area contributed by atoms with Gasteiger partial charge in [-0.3, -0.25) is 14.8 Å². The molecule has 0 bridgehead atoms. The van der Waals surface area contributed by atoms with Crippen LogP contribution in [0.5, 0.6) is 0 Å². The zero-order chi connectivity index (χ0) is 17.2. The van der Waals surface area contributed by atoms with Gasteiger partial charge in [-0.2, -0.15) is 9.40 Å². The van der Waals surface area contributed by atoms with E-state index < -0.39 is 14.9 Å². The molecule has 0 aliphatic heterocycles. The number of aryl methyl sites for hydroxylation is 1. The highest BCUT2D eigenvalue weighted by Crippen LogP contribution is 2.27. The van der Waals surface area contributed by atoms with Crippen molar-refractivity contribution in [2.24, 2.45) is 7.05 Å². The molecule has 8 nitrogen and oxygen atoms in total. The van der Waals surface area contributed by atoms with Gasteiger partial charge in [0.2, 0.25) is 10.0 Å². The number of rotatable bonds is 6. The van der Waals surface area contributed by atoms with Crippen LogP contribution in [0.4, 0.5) is 5.69 Å². The molecule has 0 unspecified atom stereocenters. The zero-order valence-electron chi connectivity index (χ0n) is 12.5. The standard InChI is InChI=1S/C13H15BrN4O4S/c1-3-17(9-10-7-15-16(2)8-10)23(21,22)13-5-11(14)4-12(6-13)18(19)20/h4-8H,3,9H2,1-2H3. The van der Waals surface area contributed by atoms with Crippen molar-refractivity contribution in [2.75, 3.05) is 6.54 Å². The SMILES string of the molecule is CCN(Cc1cnn(C)c1)S(=O)(=O)c1cc(Br)cc([N+](=O)[O-])c1. The van der Waals surface area contributed by atoms with Crippen molar-refractivity contribution in [1.29, 1.82) is 0 Å². The normalized spacial score (nSPS) is 11.8. The molecule has 0 fully saturated rings. The van der Waals surface area contributed by atoms with Gasteiger partial charge in [-0.15, -0.1) is 0 Å². The van der Waals surface area contributed by atoms with Gasteiger partial charge in [0.15, 0.2) is 0 Å². The summed E-state index contributed by atoms with van der Waals surface area (Å²) >= 11 is 3.11. The Morgan fingerprint density at radius 2 is 2.09 bits per heavy atom. The maximum absolute atomic E-state index is 12.8. The molecule has 0 aliphatic carbocycles. The fraction of sp³-hybridized carbons (Fsp3) is 0.308. The lowest BCUT2D eigenvalue weighted by Gasteiger charge is -2.19. The van der Waals surface area contributed by atoms with Gasteiger partial charge in [0.25, 0.3) is 5.69 Å². The fourth-order valence-electron chi connectivity index (χ4n) is 2.08. The number of non-ortho nitro benzene ring substituents is 1. The molecule has 0 aliphatic rings. The maximum atomic E-state index is 12.8. The lowest BCUT2D eigenvalue weighted by atomic mass is 10.3. The average molecular weight is 403 g/mol. The van der Waals surface area contributed by atoms with Gasteiger partial charge < -0.3 is 0 Å². The summed E-state index contributed by atoms with van der Waals surface area (Å²) < 4.78 is 28.7. The van der Waals surface area contributed by atoms with E-state index in [1.54, 1.807) is 31.0 Å². The number of nitro benzene ring substituents is 1. The van der Waals surface area contributed by atoms with Crippen LogP contribution in [0.2, 0.25) is 0 Å². The van der Waals surface area contributed by atoms with Crippen LogP contribution in [0.25, 0.3) is 0 Å². The van der Waals surface area contributed by atoms with Crippen molar-refractivity contribution >= 4 is 31.6 Å². The second kappa shape index (κ2) is 6.77. The first-order valence-electron chi connectivity index (χ1n) is 6.66. The summed E-state index contributed by atoms with van der Waals surface area (Å²) in [5, 5.41) is 14.9. The lowest BCUT2D eigenvalue weighted by Crippen LogP contribution is -2.30. The number of nitrogens with zero attached hydrogens (tertiary/aromatic N) is 4. The first-order chi connectivity index (χ1) is 10.7. The van der Waals surface area contributed by atoms with E-state index in [-0.39, 0.29) is 23.7 Å². The van der Waals surface area contributed by atoms with E-state index in [1.165, 1.54) is 16.4 Å². The molecule has 124 valence electrons. The molecule has 0 radical (unpaired) electrons. The summed E-state index contributed by atoms with van der Waals surface area (Å²) in [6.45, 7) is 2.09. The number of sulfonamides is 1. The summed E-state index contributed by atoms with van der Waals surface area (Å²) in [6, 6.07) is 3.68. The largest absolute Gasteiger partial charge is 0.275 e. The summed E-state index contributed by atoms with van der Waals surface area (Å²) in [6.07, 6.45) is 3.31. The Balaban J connectivity index is 2.40. The van der Waals surface area contributed by atoms with Crippen molar-refractivity contribution in [1.82, 2.24) is 14.1 Å². The highest BCUT2D eigenvalue weighted by atomic mass is 79.9. The van der Waals surface area contributed by atoms with Crippen LogP contribution in [0.1, 0.15) is 12.5 Å². The average Bonchev–Trinajstić information content (AvgIpc) is 2.89. The predicted molar refractivity (Wildman–Crippen MR) is 87.3 cm³/mol. The van der Waals surface area contributed by atoms with E-state index >= 15 is 0 Å².